The van der Waals surface area contributed by atoms with Crippen LogP contribution in [0.15, 0.2) is 18.5 Å². The molecular formula is C14H22N4O2. The fourth-order valence-corrected chi connectivity index (χ4v) is 3.05. The molecule has 0 radical (unpaired) electrons. The van der Waals surface area contributed by atoms with E-state index in [9.17, 15) is 5.11 Å². The topological polar surface area (TPSA) is 70.5 Å². The Balaban J connectivity index is 1.54. The molecule has 0 spiro atoms. The molecule has 110 valence electrons. The quantitative estimate of drug-likeness (QED) is 0.839. The van der Waals surface area contributed by atoms with Crippen molar-refractivity contribution in [3.63, 3.8) is 0 Å². The van der Waals surface area contributed by atoms with Gasteiger partial charge in [-0.2, -0.15) is 0 Å². The smallest absolute Gasteiger partial charge is 0.222 e. The third-order valence-corrected chi connectivity index (χ3v) is 4.20. The van der Waals surface area contributed by atoms with Gasteiger partial charge in [-0.3, -0.25) is 4.90 Å². The minimum atomic E-state index is -0.379. The number of nitrogens with one attached hydrogen (secondary N) is 1. The van der Waals surface area contributed by atoms with Crippen molar-refractivity contribution in [2.75, 3.05) is 31.6 Å². The molecule has 1 aromatic rings. The summed E-state index contributed by atoms with van der Waals surface area (Å²) in [6.45, 7) is 3.41. The van der Waals surface area contributed by atoms with Gasteiger partial charge in [-0.05, 0) is 25.3 Å². The fraction of sp³-hybridized carbons (Fsp3) is 0.714. The van der Waals surface area contributed by atoms with Crippen molar-refractivity contribution in [2.45, 2.75) is 37.5 Å². The average molecular weight is 278 g/mol. The summed E-state index contributed by atoms with van der Waals surface area (Å²) in [4.78, 5) is 10.7. The zero-order valence-electron chi connectivity index (χ0n) is 11.6. The normalized spacial score (nSPS) is 29.2. The van der Waals surface area contributed by atoms with Gasteiger partial charge in [-0.1, -0.05) is 0 Å². The molecule has 0 amide bonds. The number of β-amino-alcohol motifs (C(OH)–C–C–N with tert-alkyl or cyclic N) is 1. The van der Waals surface area contributed by atoms with Crippen LogP contribution in [0.2, 0.25) is 0 Å². The Bertz CT molecular complexity index is 411. The van der Waals surface area contributed by atoms with Gasteiger partial charge in [0.05, 0.1) is 12.1 Å². The maximum Gasteiger partial charge on any atom is 0.222 e. The van der Waals surface area contributed by atoms with E-state index in [1.165, 1.54) is 0 Å². The van der Waals surface area contributed by atoms with E-state index in [2.05, 4.69) is 20.2 Å². The molecular weight excluding hydrogens is 256 g/mol. The van der Waals surface area contributed by atoms with E-state index < -0.39 is 0 Å². The Hall–Kier alpha value is -1.24. The molecule has 2 aliphatic heterocycles. The summed E-state index contributed by atoms with van der Waals surface area (Å²) in [6.07, 6.45) is 6.10. The minimum Gasteiger partial charge on any atom is -0.390 e. The number of nitrogens with zero attached hydrogens (tertiary/aromatic N) is 3. The number of aromatic nitrogens is 2. The highest BCUT2D eigenvalue weighted by molar-refractivity contribution is 5.25. The van der Waals surface area contributed by atoms with Crippen molar-refractivity contribution < 1.29 is 9.84 Å². The van der Waals surface area contributed by atoms with Crippen LogP contribution in [0.1, 0.15) is 19.3 Å². The van der Waals surface area contributed by atoms with Crippen LogP contribution in [0.5, 0.6) is 0 Å². The molecule has 1 aromatic heterocycles. The molecule has 6 heteroatoms. The van der Waals surface area contributed by atoms with Crippen molar-refractivity contribution in [2.24, 2.45) is 0 Å². The largest absolute Gasteiger partial charge is 0.390 e. The average Bonchev–Trinajstić information content (AvgIpc) is 2.51. The number of piperidine rings is 1. The molecule has 0 bridgehead atoms. The lowest BCUT2D eigenvalue weighted by Crippen LogP contribution is -2.54. The summed E-state index contributed by atoms with van der Waals surface area (Å²) in [7, 11) is 0. The second kappa shape index (κ2) is 6.47. The highest BCUT2D eigenvalue weighted by Gasteiger charge is 2.32. The summed E-state index contributed by atoms with van der Waals surface area (Å²) >= 11 is 0. The molecule has 3 heterocycles. The number of ether oxygens (including phenoxy) is 1. The second-order valence-corrected chi connectivity index (χ2v) is 5.52. The van der Waals surface area contributed by atoms with E-state index in [0.717, 1.165) is 45.6 Å². The molecule has 2 N–H and O–H groups in total. The van der Waals surface area contributed by atoms with Crippen LogP contribution in [0, 0.1) is 0 Å². The number of anilines is 1. The Kier molecular flexibility index (Phi) is 4.44. The number of rotatable bonds is 3. The first-order valence-electron chi connectivity index (χ1n) is 7.36. The SMILES string of the molecule is O[C@@H]1CN(C2CCOCC2)CC[C@H]1Nc1ncccn1. The number of aliphatic hydroxyl groups is 1. The van der Waals surface area contributed by atoms with Gasteiger partial charge in [0, 0.05) is 44.7 Å². The molecule has 3 rings (SSSR count). The molecule has 6 nitrogen and oxygen atoms in total. The highest BCUT2D eigenvalue weighted by Crippen LogP contribution is 2.21. The Morgan fingerprint density at radius 1 is 1.20 bits per heavy atom. The van der Waals surface area contributed by atoms with Crippen molar-refractivity contribution in [3.8, 4) is 0 Å². The molecule has 2 fully saturated rings. The number of hydrogen-bond donors (Lipinski definition) is 2. The molecule has 0 aliphatic carbocycles. The monoisotopic (exact) mass is 278 g/mol. The van der Waals surface area contributed by atoms with Crippen molar-refractivity contribution in [1.82, 2.24) is 14.9 Å². The maximum absolute atomic E-state index is 10.3. The van der Waals surface area contributed by atoms with Crippen LogP contribution >= 0.6 is 0 Å². The van der Waals surface area contributed by atoms with Gasteiger partial charge in [0.2, 0.25) is 5.95 Å². The van der Waals surface area contributed by atoms with Gasteiger partial charge in [0.25, 0.3) is 0 Å². The zero-order chi connectivity index (χ0) is 13.8. The van der Waals surface area contributed by atoms with Gasteiger partial charge < -0.3 is 15.2 Å². The number of likely N-dealkylation sites (tertiary alicyclic amines) is 1. The summed E-state index contributed by atoms with van der Waals surface area (Å²) < 4.78 is 5.40. The molecule has 2 atom stereocenters. The lowest BCUT2D eigenvalue weighted by molar-refractivity contribution is -0.00833. The molecule has 2 saturated heterocycles. The van der Waals surface area contributed by atoms with E-state index in [0.29, 0.717) is 12.0 Å². The fourth-order valence-electron chi connectivity index (χ4n) is 3.05. The van der Waals surface area contributed by atoms with Gasteiger partial charge >= 0.3 is 0 Å². The lowest BCUT2D eigenvalue weighted by atomic mass is 9.97. The summed E-state index contributed by atoms with van der Waals surface area (Å²) in [5.41, 5.74) is 0. The Labute approximate surface area is 119 Å². The maximum atomic E-state index is 10.3. The van der Waals surface area contributed by atoms with Crippen LogP contribution < -0.4 is 5.32 Å². The lowest BCUT2D eigenvalue weighted by Gasteiger charge is -2.41. The molecule has 0 saturated carbocycles. The third kappa shape index (κ3) is 3.26. The van der Waals surface area contributed by atoms with Crippen LogP contribution in [0.25, 0.3) is 0 Å². The van der Waals surface area contributed by atoms with Crippen molar-refractivity contribution in [3.05, 3.63) is 18.5 Å². The van der Waals surface area contributed by atoms with Gasteiger partial charge in [0.1, 0.15) is 0 Å². The number of aliphatic hydroxyl groups excluding tert-OH is 1. The van der Waals surface area contributed by atoms with E-state index in [-0.39, 0.29) is 12.1 Å². The molecule has 20 heavy (non-hydrogen) atoms. The van der Waals surface area contributed by atoms with Crippen LogP contribution in [-0.2, 0) is 4.74 Å². The van der Waals surface area contributed by atoms with Crippen LogP contribution in [0.3, 0.4) is 0 Å². The zero-order valence-corrected chi connectivity index (χ0v) is 11.6. The van der Waals surface area contributed by atoms with Gasteiger partial charge in [0.15, 0.2) is 0 Å². The van der Waals surface area contributed by atoms with Crippen LogP contribution in [-0.4, -0.2) is 64.5 Å². The van der Waals surface area contributed by atoms with E-state index in [1.54, 1.807) is 18.5 Å². The van der Waals surface area contributed by atoms with Crippen molar-refractivity contribution in [1.29, 1.82) is 0 Å². The Morgan fingerprint density at radius 3 is 2.65 bits per heavy atom. The van der Waals surface area contributed by atoms with E-state index in [1.807, 2.05) is 0 Å². The molecule has 0 aromatic carbocycles. The van der Waals surface area contributed by atoms with Crippen LogP contribution in [0.4, 0.5) is 5.95 Å². The van der Waals surface area contributed by atoms with Crippen molar-refractivity contribution >= 4 is 5.95 Å². The summed E-state index contributed by atoms with van der Waals surface area (Å²) in [5.74, 6) is 0.594. The predicted molar refractivity (Wildman–Crippen MR) is 75.5 cm³/mol. The molecule has 2 aliphatic rings. The standard InChI is InChI=1S/C14H22N4O2/c19-13-10-18(11-3-8-20-9-4-11)7-2-12(13)17-14-15-5-1-6-16-14/h1,5-6,11-13,19H,2-4,7-10H2,(H,15,16,17)/t12-,13-/m1/s1. The minimum absolute atomic E-state index is 0.0356. The predicted octanol–water partition coefficient (Wildman–Crippen LogP) is 0.503. The van der Waals surface area contributed by atoms with E-state index >= 15 is 0 Å². The second-order valence-electron chi connectivity index (χ2n) is 5.52. The summed E-state index contributed by atoms with van der Waals surface area (Å²) in [5, 5.41) is 13.6. The Morgan fingerprint density at radius 2 is 1.95 bits per heavy atom. The first-order chi connectivity index (χ1) is 9.83. The third-order valence-electron chi connectivity index (χ3n) is 4.20. The highest BCUT2D eigenvalue weighted by atomic mass is 16.5. The van der Waals surface area contributed by atoms with E-state index in [4.69, 9.17) is 4.74 Å². The first kappa shape index (κ1) is 13.7. The van der Waals surface area contributed by atoms with Gasteiger partial charge in [-0.15, -0.1) is 0 Å². The molecule has 0 unspecified atom stereocenters. The first-order valence-corrected chi connectivity index (χ1v) is 7.36. The number of hydrogen-bond acceptors (Lipinski definition) is 6. The summed E-state index contributed by atoms with van der Waals surface area (Å²) in [6, 6.07) is 2.39. The van der Waals surface area contributed by atoms with Gasteiger partial charge in [-0.25, -0.2) is 9.97 Å².